The molecule has 0 bridgehead atoms. The number of rotatable bonds is 5. The maximum Gasteiger partial charge on any atom is 0.122 e. The molecule has 102 valence electrons. The molecule has 1 atom stereocenters. The molecule has 0 radical (unpaired) electrons. The van der Waals surface area contributed by atoms with Crippen LogP contribution in [-0.2, 0) is 5.41 Å². The van der Waals surface area contributed by atoms with Gasteiger partial charge in [0, 0.05) is 6.04 Å². The van der Waals surface area contributed by atoms with Crippen LogP contribution in [0.4, 0.5) is 0 Å². The molecule has 1 aromatic carbocycles. The molecule has 0 aliphatic heterocycles. The van der Waals surface area contributed by atoms with E-state index in [4.69, 9.17) is 15.6 Å². The van der Waals surface area contributed by atoms with Gasteiger partial charge < -0.3 is 15.6 Å². The number of aryl methyl sites for hydroxylation is 1. The maximum absolute atomic E-state index is 8.83. The molecule has 3 N–H and O–H groups in total. The van der Waals surface area contributed by atoms with Gasteiger partial charge in [0.15, 0.2) is 0 Å². The summed E-state index contributed by atoms with van der Waals surface area (Å²) in [4.78, 5) is 0. The fourth-order valence-corrected chi connectivity index (χ4v) is 1.69. The molecule has 1 aromatic rings. The number of aliphatic hydroxyl groups excluding tert-OH is 1. The van der Waals surface area contributed by atoms with Crippen molar-refractivity contribution in [1.29, 1.82) is 0 Å². The highest BCUT2D eigenvalue weighted by molar-refractivity contribution is 5.38. The summed E-state index contributed by atoms with van der Waals surface area (Å²) in [6.45, 7) is 9.19. The molecule has 0 saturated heterocycles. The van der Waals surface area contributed by atoms with E-state index in [2.05, 4.69) is 39.8 Å². The Hall–Kier alpha value is -1.06. The Morgan fingerprint density at radius 1 is 1.33 bits per heavy atom. The first-order valence-electron chi connectivity index (χ1n) is 6.45. The van der Waals surface area contributed by atoms with Gasteiger partial charge in [-0.25, -0.2) is 0 Å². The third-order valence-electron chi connectivity index (χ3n) is 3.02. The normalized spacial score (nSPS) is 13.4. The van der Waals surface area contributed by atoms with Crippen LogP contribution in [0.15, 0.2) is 18.2 Å². The summed E-state index contributed by atoms with van der Waals surface area (Å²) in [6, 6.07) is 6.09. The van der Waals surface area contributed by atoms with Gasteiger partial charge in [-0.05, 0) is 36.0 Å². The molecular formula is C15H25NO2. The topological polar surface area (TPSA) is 55.5 Å². The Kier molecular flexibility index (Phi) is 5.17. The highest BCUT2D eigenvalue weighted by atomic mass is 16.5. The Balaban J connectivity index is 2.63. The van der Waals surface area contributed by atoms with E-state index in [1.165, 1.54) is 5.56 Å². The van der Waals surface area contributed by atoms with E-state index in [1.54, 1.807) is 0 Å². The second kappa shape index (κ2) is 6.21. The van der Waals surface area contributed by atoms with Crippen molar-refractivity contribution in [3.8, 4) is 5.75 Å². The number of benzene rings is 1. The molecule has 0 amide bonds. The largest absolute Gasteiger partial charge is 0.493 e. The summed E-state index contributed by atoms with van der Waals surface area (Å²) in [5, 5.41) is 8.83. The molecule has 18 heavy (non-hydrogen) atoms. The van der Waals surface area contributed by atoms with Gasteiger partial charge in [-0.15, -0.1) is 0 Å². The van der Waals surface area contributed by atoms with E-state index in [0.29, 0.717) is 13.0 Å². The highest BCUT2D eigenvalue weighted by Crippen LogP contribution is 2.27. The summed E-state index contributed by atoms with van der Waals surface area (Å²) in [7, 11) is 0. The predicted molar refractivity (Wildman–Crippen MR) is 75.1 cm³/mol. The third kappa shape index (κ3) is 4.31. The summed E-state index contributed by atoms with van der Waals surface area (Å²) < 4.78 is 5.69. The van der Waals surface area contributed by atoms with Crippen molar-refractivity contribution >= 4 is 0 Å². The van der Waals surface area contributed by atoms with Gasteiger partial charge in [-0.1, -0.05) is 32.9 Å². The van der Waals surface area contributed by atoms with Crippen LogP contribution in [0, 0.1) is 6.92 Å². The molecule has 0 heterocycles. The van der Waals surface area contributed by atoms with Crippen molar-refractivity contribution in [3.05, 3.63) is 29.3 Å². The van der Waals surface area contributed by atoms with Crippen LogP contribution in [0.1, 0.15) is 38.3 Å². The minimum absolute atomic E-state index is 0.00526. The molecule has 0 spiro atoms. The summed E-state index contributed by atoms with van der Waals surface area (Å²) in [5.41, 5.74) is 8.23. The Morgan fingerprint density at radius 2 is 2.00 bits per heavy atom. The molecule has 1 rings (SSSR count). The van der Waals surface area contributed by atoms with Gasteiger partial charge in [-0.2, -0.15) is 0 Å². The lowest BCUT2D eigenvalue weighted by molar-refractivity contribution is 0.230. The van der Waals surface area contributed by atoms with Crippen molar-refractivity contribution in [1.82, 2.24) is 0 Å². The van der Waals surface area contributed by atoms with Crippen LogP contribution in [0.3, 0.4) is 0 Å². The van der Waals surface area contributed by atoms with E-state index in [0.717, 1.165) is 11.3 Å². The summed E-state index contributed by atoms with van der Waals surface area (Å²) >= 11 is 0. The molecule has 0 aromatic heterocycles. The van der Waals surface area contributed by atoms with Crippen molar-refractivity contribution in [2.45, 2.75) is 45.6 Å². The molecule has 1 unspecified atom stereocenters. The number of nitrogens with two attached hydrogens (primary N) is 1. The van der Waals surface area contributed by atoms with E-state index in [-0.39, 0.29) is 18.1 Å². The quantitative estimate of drug-likeness (QED) is 0.844. The van der Waals surface area contributed by atoms with E-state index in [9.17, 15) is 0 Å². The first kappa shape index (κ1) is 15.0. The molecule has 0 aliphatic carbocycles. The smallest absolute Gasteiger partial charge is 0.122 e. The van der Waals surface area contributed by atoms with Crippen molar-refractivity contribution < 1.29 is 9.84 Å². The maximum atomic E-state index is 8.83. The number of hydrogen-bond acceptors (Lipinski definition) is 3. The van der Waals surface area contributed by atoms with Crippen LogP contribution in [0.2, 0.25) is 0 Å². The van der Waals surface area contributed by atoms with Crippen LogP contribution >= 0.6 is 0 Å². The molecule has 0 saturated carbocycles. The molecular weight excluding hydrogens is 226 g/mol. The second-order valence-electron chi connectivity index (χ2n) is 5.81. The van der Waals surface area contributed by atoms with Crippen molar-refractivity contribution in [2.75, 3.05) is 13.2 Å². The van der Waals surface area contributed by atoms with Gasteiger partial charge in [0.1, 0.15) is 5.75 Å². The zero-order valence-corrected chi connectivity index (χ0v) is 11.9. The lowest BCUT2D eigenvalue weighted by Crippen LogP contribution is -2.26. The SMILES string of the molecule is Cc1cc(C(C)(C)C)ccc1OCCC(N)CO. The Bertz CT molecular complexity index is 383. The first-order chi connectivity index (χ1) is 8.34. The number of ether oxygens (including phenoxy) is 1. The fourth-order valence-electron chi connectivity index (χ4n) is 1.69. The van der Waals surface area contributed by atoms with Crippen molar-refractivity contribution in [2.24, 2.45) is 5.73 Å². The van der Waals surface area contributed by atoms with Gasteiger partial charge in [-0.3, -0.25) is 0 Å². The summed E-state index contributed by atoms with van der Waals surface area (Å²) in [5.74, 6) is 0.896. The van der Waals surface area contributed by atoms with Crippen molar-refractivity contribution in [3.63, 3.8) is 0 Å². The van der Waals surface area contributed by atoms with Gasteiger partial charge in [0.05, 0.1) is 13.2 Å². The minimum Gasteiger partial charge on any atom is -0.493 e. The fraction of sp³-hybridized carbons (Fsp3) is 0.600. The standard InChI is InChI=1S/C15H25NO2/c1-11-9-12(15(2,3)4)5-6-14(11)18-8-7-13(16)10-17/h5-6,9,13,17H,7-8,10,16H2,1-4H3. The molecule has 3 nitrogen and oxygen atoms in total. The summed E-state index contributed by atoms with van der Waals surface area (Å²) in [6.07, 6.45) is 0.664. The highest BCUT2D eigenvalue weighted by Gasteiger charge is 2.14. The van der Waals surface area contributed by atoms with Crippen LogP contribution in [0.25, 0.3) is 0 Å². The first-order valence-corrected chi connectivity index (χ1v) is 6.45. The zero-order valence-electron chi connectivity index (χ0n) is 11.9. The average molecular weight is 251 g/mol. The number of aliphatic hydroxyl groups is 1. The number of hydrogen-bond donors (Lipinski definition) is 2. The molecule has 0 fully saturated rings. The third-order valence-corrected chi connectivity index (χ3v) is 3.02. The minimum atomic E-state index is -0.195. The van der Waals surface area contributed by atoms with Crippen LogP contribution < -0.4 is 10.5 Å². The second-order valence-corrected chi connectivity index (χ2v) is 5.81. The Morgan fingerprint density at radius 3 is 2.50 bits per heavy atom. The van der Waals surface area contributed by atoms with E-state index in [1.807, 2.05) is 6.07 Å². The van der Waals surface area contributed by atoms with Crippen LogP contribution in [-0.4, -0.2) is 24.4 Å². The van der Waals surface area contributed by atoms with E-state index < -0.39 is 0 Å². The van der Waals surface area contributed by atoms with Crippen LogP contribution in [0.5, 0.6) is 5.75 Å². The predicted octanol–water partition coefficient (Wildman–Crippen LogP) is 2.38. The monoisotopic (exact) mass is 251 g/mol. The lowest BCUT2D eigenvalue weighted by atomic mass is 9.86. The lowest BCUT2D eigenvalue weighted by Gasteiger charge is -2.20. The molecule has 0 aliphatic rings. The molecule has 3 heteroatoms. The zero-order chi connectivity index (χ0) is 13.8. The average Bonchev–Trinajstić information content (AvgIpc) is 2.29. The van der Waals surface area contributed by atoms with Gasteiger partial charge in [0.25, 0.3) is 0 Å². The van der Waals surface area contributed by atoms with Gasteiger partial charge >= 0.3 is 0 Å². The van der Waals surface area contributed by atoms with Gasteiger partial charge in [0.2, 0.25) is 0 Å². The Labute approximate surface area is 110 Å². The van der Waals surface area contributed by atoms with E-state index >= 15 is 0 Å².